The number of halogens is 1. The minimum Gasteiger partial charge on any atom is -0.340 e. The molecule has 10 heteroatoms. The van der Waals surface area contributed by atoms with E-state index in [9.17, 15) is 13.2 Å². The fourth-order valence-electron chi connectivity index (χ4n) is 6.25. The lowest BCUT2D eigenvalue weighted by Crippen LogP contribution is -2.48. The number of hydrogen-bond acceptors (Lipinski definition) is 5. The number of unbranched alkanes of at least 4 members (excludes halogenated alkanes) is 1. The van der Waals surface area contributed by atoms with Crippen LogP contribution in [0.1, 0.15) is 88.1 Å². The zero-order valence-corrected chi connectivity index (χ0v) is 26.3. The molecule has 0 unspecified atom stereocenters. The highest BCUT2D eigenvalue weighted by molar-refractivity contribution is 7.92. The first kappa shape index (κ1) is 32.4. The van der Waals surface area contributed by atoms with Gasteiger partial charge in [-0.3, -0.25) is 14.4 Å². The maximum Gasteiger partial charge on any atom is 0.229 e. The Morgan fingerprint density at radius 2 is 1.70 bits per heavy atom. The van der Waals surface area contributed by atoms with E-state index in [0.717, 1.165) is 81.6 Å². The molecule has 2 heterocycles. The molecule has 2 aliphatic rings. The Balaban J connectivity index is 0.00000441. The third-order valence-electron chi connectivity index (χ3n) is 8.50. The summed E-state index contributed by atoms with van der Waals surface area (Å²) in [5, 5.41) is 4.80. The van der Waals surface area contributed by atoms with Crippen LogP contribution in [0, 0.1) is 19.8 Å². The number of likely N-dealkylation sites (tertiary alicyclic amines) is 1. The van der Waals surface area contributed by atoms with Gasteiger partial charge in [0.15, 0.2) is 0 Å². The fourth-order valence-corrected chi connectivity index (χ4v) is 6.81. The Morgan fingerprint density at radius 1 is 1.05 bits per heavy atom. The second kappa shape index (κ2) is 14.7. The van der Waals surface area contributed by atoms with Gasteiger partial charge in [-0.05, 0) is 76.1 Å². The lowest BCUT2D eigenvalue weighted by atomic mass is 9.86. The van der Waals surface area contributed by atoms with Gasteiger partial charge in [0.25, 0.3) is 0 Å². The molecule has 0 atom stereocenters. The first-order valence-corrected chi connectivity index (χ1v) is 16.7. The van der Waals surface area contributed by atoms with E-state index < -0.39 is 10.0 Å². The minimum absolute atomic E-state index is 0. The summed E-state index contributed by atoms with van der Waals surface area (Å²) in [5.74, 6) is 0.977. The van der Waals surface area contributed by atoms with Crippen molar-refractivity contribution in [2.45, 2.75) is 97.6 Å². The summed E-state index contributed by atoms with van der Waals surface area (Å²) in [6.07, 6.45) is 12.5. The number of nitrogens with zero attached hydrogens (tertiary/aromatic N) is 4. The van der Waals surface area contributed by atoms with Crippen LogP contribution in [0.5, 0.6) is 0 Å². The Bertz CT molecular complexity index is 1200. The van der Waals surface area contributed by atoms with E-state index >= 15 is 0 Å². The molecular weight excluding hydrogens is 546 g/mol. The zero-order valence-electron chi connectivity index (χ0n) is 24.7. The summed E-state index contributed by atoms with van der Waals surface area (Å²) < 4.78 is 27.5. The van der Waals surface area contributed by atoms with Gasteiger partial charge in [-0.2, -0.15) is 5.10 Å². The molecule has 1 amide bonds. The molecule has 0 bridgehead atoms. The molecule has 1 saturated carbocycles. The van der Waals surface area contributed by atoms with Crippen molar-refractivity contribution >= 4 is 34.0 Å². The number of nitrogens with one attached hydrogen (secondary N) is 1. The molecule has 1 aromatic heterocycles. The van der Waals surface area contributed by atoms with Crippen LogP contribution >= 0.6 is 12.4 Å². The van der Waals surface area contributed by atoms with Gasteiger partial charge in [0.2, 0.25) is 15.9 Å². The highest BCUT2D eigenvalue weighted by Crippen LogP contribution is 2.29. The summed E-state index contributed by atoms with van der Waals surface area (Å²) in [7, 11) is -3.31. The molecule has 224 valence electrons. The van der Waals surface area contributed by atoms with Crippen molar-refractivity contribution in [3.63, 3.8) is 0 Å². The van der Waals surface area contributed by atoms with E-state index in [1.807, 2.05) is 16.8 Å². The van der Waals surface area contributed by atoms with E-state index in [0.29, 0.717) is 23.6 Å². The second-order valence-corrected chi connectivity index (χ2v) is 13.4. The molecule has 2 aromatic rings. The smallest absolute Gasteiger partial charge is 0.229 e. The zero-order chi connectivity index (χ0) is 28.0. The van der Waals surface area contributed by atoms with Gasteiger partial charge in [-0.25, -0.2) is 13.1 Å². The Morgan fingerprint density at radius 3 is 2.30 bits per heavy atom. The average Bonchev–Trinajstić information content (AvgIpc) is 3.18. The molecule has 1 saturated heterocycles. The highest BCUT2D eigenvalue weighted by Gasteiger charge is 2.30. The van der Waals surface area contributed by atoms with Crippen LogP contribution in [0.15, 0.2) is 24.3 Å². The van der Waals surface area contributed by atoms with Gasteiger partial charge < -0.3 is 4.90 Å². The van der Waals surface area contributed by atoms with Crippen LogP contribution in [0.25, 0.3) is 5.69 Å². The van der Waals surface area contributed by atoms with Crippen LogP contribution in [0.2, 0.25) is 0 Å². The number of aromatic nitrogens is 2. The molecule has 0 radical (unpaired) electrons. The Labute approximate surface area is 247 Å². The molecule has 1 aliphatic heterocycles. The largest absolute Gasteiger partial charge is 0.340 e. The number of amides is 1. The van der Waals surface area contributed by atoms with Gasteiger partial charge in [-0.1, -0.05) is 32.6 Å². The van der Waals surface area contributed by atoms with Crippen molar-refractivity contribution in [2.75, 3.05) is 30.6 Å². The minimum atomic E-state index is -3.31. The van der Waals surface area contributed by atoms with E-state index in [1.165, 1.54) is 37.7 Å². The molecular formula is C30H48ClN5O3S. The van der Waals surface area contributed by atoms with Gasteiger partial charge in [-0.15, -0.1) is 12.4 Å². The topological polar surface area (TPSA) is 87.5 Å². The summed E-state index contributed by atoms with van der Waals surface area (Å²) in [6, 6.07) is 7.65. The Kier molecular flexibility index (Phi) is 11.9. The van der Waals surface area contributed by atoms with Crippen LogP contribution in [-0.2, 0) is 21.4 Å². The SMILES string of the molecule is CCCCN(C(=O)CC1CCCCC1)C1CCN(Cc2c(C)nn(-c3ccc(NS(C)(=O)=O)cc3)c2C)CC1.Cl. The number of hydrogen-bond donors (Lipinski definition) is 1. The molecule has 4 rings (SSSR count). The number of aryl methyl sites for hydroxylation is 1. The summed E-state index contributed by atoms with van der Waals surface area (Å²) in [4.78, 5) is 18.1. The number of rotatable bonds is 11. The second-order valence-electron chi connectivity index (χ2n) is 11.6. The standard InChI is InChI=1S/C30H47N5O3S.ClH/c1-5-6-18-34(30(36)21-25-10-8-7-9-11-25)27-16-19-33(20-17-27)22-29-23(2)31-35(24(29)3)28-14-12-26(13-15-28)32-39(4,37)38;/h12-15,25,27,32H,5-11,16-22H2,1-4H3;1H. The first-order chi connectivity index (χ1) is 18.6. The van der Waals surface area contributed by atoms with Gasteiger partial charge in [0.05, 0.1) is 17.6 Å². The number of piperidine rings is 1. The van der Waals surface area contributed by atoms with E-state index in [1.54, 1.807) is 12.1 Å². The number of benzene rings is 1. The number of sulfonamides is 1. The predicted octanol–water partition coefficient (Wildman–Crippen LogP) is 5.85. The van der Waals surface area contributed by atoms with Crippen LogP contribution in [0.4, 0.5) is 5.69 Å². The number of carbonyl (C=O) groups excluding carboxylic acids is 1. The maximum absolute atomic E-state index is 13.4. The first-order valence-electron chi connectivity index (χ1n) is 14.8. The summed E-state index contributed by atoms with van der Waals surface area (Å²) in [6.45, 7) is 10.1. The van der Waals surface area contributed by atoms with E-state index in [-0.39, 0.29) is 12.4 Å². The Hall–Kier alpha value is -2.10. The van der Waals surface area contributed by atoms with Gasteiger partial charge >= 0.3 is 0 Å². The average molecular weight is 594 g/mol. The third-order valence-corrected chi connectivity index (χ3v) is 9.10. The predicted molar refractivity (Wildman–Crippen MR) is 165 cm³/mol. The van der Waals surface area contributed by atoms with Gasteiger partial charge in [0.1, 0.15) is 0 Å². The third kappa shape index (κ3) is 8.70. The number of anilines is 1. The molecule has 1 aliphatic carbocycles. The lowest BCUT2D eigenvalue weighted by Gasteiger charge is -2.39. The van der Waals surface area contributed by atoms with Crippen LogP contribution < -0.4 is 4.72 Å². The van der Waals surface area contributed by atoms with Crippen molar-refractivity contribution in [3.8, 4) is 5.69 Å². The number of carbonyl (C=O) groups is 1. The molecule has 1 N–H and O–H groups in total. The van der Waals surface area contributed by atoms with Crippen LogP contribution in [0.3, 0.4) is 0 Å². The van der Waals surface area contributed by atoms with Crippen molar-refractivity contribution in [1.82, 2.24) is 19.6 Å². The molecule has 8 nitrogen and oxygen atoms in total. The normalized spacial score (nSPS) is 17.4. The van der Waals surface area contributed by atoms with Crippen LogP contribution in [-0.4, -0.2) is 65.8 Å². The highest BCUT2D eigenvalue weighted by atomic mass is 35.5. The van der Waals surface area contributed by atoms with Gasteiger partial charge in [0, 0.05) is 55.6 Å². The summed E-state index contributed by atoms with van der Waals surface area (Å²) in [5.41, 5.74) is 4.80. The van der Waals surface area contributed by atoms with E-state index in [2.05, 4.69) is 35.3 Å². The maximum atomic E-state index is 13.4. The van der Waals surface area contributed by atoms with E-state index in [4.69, 9.17) is 5.10 Å². The summed E-state index contributed by atoms with van der Waals surface area (Å²) >= 11 is 0. The fraction of sp³-hybridized carbons (Fsp3) is 0.667. The van der Waals surface area contributed by atoms with Crippen molar-refractivity contribution in [1.29, 1.82) is 0 Å². The molecule has 40 heavy (non-hydrogen) atoms. The molecule has 0 spiro atoms. The van der Waals surface area contributed by atoms with Crippen molar-refractivity contribution in [3.05, 3.63) is 41.2 Å². The van der Waals surface area contributed by atoms with Crippen molar-refractivity contribution in [2.24, 2.45) is 5.92 Å². The molecule has 1 aromatic carbocycles. The quantitative estimate of drug-likeness (QED) is 0.353. The van der Waals surface area contributed by atoms with Crippen molar-refractivity contribution < 1.29 is 13.2 Å². The lowest BCUT2D eigenvalue weighted by molar-refractivity contribution is -0.136. The monoisotopic (exact) mass is 593 g/mol. The molecule has 2 fully saturated rings.